The molecule has 4 aromatic rings. The van der Waals surface area contributed by atoms with Crippen molar-refractivity contribution in [1.29, 1.82) is 0 Å². The molecule has 1 heterocycles. The van der Waals surface area contributed by atoms with Crippen LogP contribution in [0.4, 0.5) is 0 Å². The second kappa shape index (κ2) is 8.82. The summed E-state index contributed by atoms with van der Waals surface area (Å²) >= 11 is 0. The predicted molar refractivity (Wildman–Crippen MR) is 117 cm³/mol. The van der Waals surface area contributed by atoms with Crippen LogP contribution >= 0.6 is 0 Å². The van der Waals surface area contributed by atoms with Gasteiger partial charge in [-0.1, -0.05) is 48.5 Å². The smallest absolute Gasteiger partial charge is 0.161 e. The van der Waals surface area contributed by atoms with E-state index in [-0.39, 0.29) is 0 Å². The van der Waals surface area contributed by atoms with Crippen molar-refractivity contribution < 1.29 is 9.47 Å². The van der Waals surface area contributed by atoms with E-state index < -0.39 is 0 Å². The Labute approximate surface area is 171 Å². The lowest BCUT2D eigenvalue weighted by molar-refractivity contribution is 0.266. The van der Waals surface area contributed by atoms with Crippen LogP contribution in [0.25, 0.3) is 11.0 Å². The van der Waals surface area contributed by atoms with Crippen molar-refractivity contribution in [3.8, 4) is 11.5 Å². The van der Waals surface area contributed by atoms with E-state index in [4.69, 9.17) is 14.5 Å². The van der Waals surface area contributed by atoms with Gasteiger partial charge in [0.25, 0.3) is 0 Å². The maximum Gasteiger partial charge on any atom is 0.161 e. The summed E-state index contributed by atoms with van der Waals surface area (Å²) in [6.45, 7) is 6.02. The highest BCUT2D eigenvalue weighted by molar-refractivity contribution is 5.76. The second-order valence-corrected chi connectivity index (χ2v) is 7.00. The van der Waals surface area contributed by atoms with Crippen LogP contribution in [-0.4, -0.2) is 22.8 Å². The van der Waals surface area contributed by atoms with E-state index >= 15 is 0 Å². The number of aryl methyl sites for hydroxylation is 1. The Kier molecular flexibility index (Phi) is 5.80. The van der Waals surface area contributed by atoms with Gasteiger partial charge in [0.2, 0.25) is 0 Å². The van der Waals surface area contributed by atoms with Gasteiger partial charge in [0.15, 0.2) is 11.5 Å². The molecule has 0 aliphatic carbocycles. The Morgan fingerprint density at radius 1 is 0.828 bits per heavy atom. The normalized spacial score (nSPS) is 11.0. The summed E-state index contributed by atoms with van der Waals surface area (Å²) in [5.74, 6) is 2.62. The quantitative estimate of drug-likeness (QED) is 0.406. The first-order valence-corrected chi connectivity index (χ1v) is 10.1. The number of fused-ring (bicyclic) bond motifs is 1. The molecule has 4 rings (SSSR count). The number of ether oxygens (including phenoxy) is 2. The molecule has 0 saturated heterocycles. The predicted octanol–water partition coefficient (Wildman–Crippen LogP) is 5.41. The Morgan fingerprint density at radius 2 is 1.52 bits per heavy atom. The first-order valence-electron chi connectivity index (χ1n) is 10.1. The van der Waals surface area contributed by atoms with E-state index in [1.165, 1.54) is 11.1 Å². The number of hydrogen-bond acceptors (Lipinski definition) is 3. The molecule has 1 aromatic heterocycles. The molecule has 29 heavy (non-hydrogen) atoms. The van der Waals surface area contributed by atoms with Gasteiger partial charge in [-0.15, -0.1) is 0 Å². The third-order valence-electron chi connectivity index (χ3n) is 5.06. The van der Waals surface area contributed by atoms with Crippen LogP contribution < -0.4 is 9.47 Å². The second-order valence-electron chi connectivity index (χ2n) is 7.00. The Morgan fingerprint density at radius 3 is 2.31 bits per heavy atom. The minimum absolute atomic E-state index is 0.547. The summed E-state index contributed by atoms with van der Waals surface area (Å²) in [6.07, 6.45) is 0.802. The highest BCUT2D eigenvalue weighted by atomic mass is 16.5. The molecular weight excluding hydrogens is 360 g/mol. The van der Waals surface area contributed by atoms with E-state index in [0.29, 0.717) is 13.2 Å². The molecule has 0 bridgehead atoms. The minimum Gasteiger partial charge on any atom is -0.490 e. The van der Waals surface area contributed by atoms with Gasteiger partial charge in [-0.3, -0.25) is 0 Å². The van der Waals surface area contributed by atoms with Crippen LogP contribution in [0.2, 0.25) is 0 Å². The lowest BCUT2D eigenvalue weighted by Gasteiger charge is -2.14. The SMILES string of the molecule is CCOc1ccccc1OCCn1c(Cc2ccccc2C)nc2ccccc21. The topological polar surface area (TPSA) is 36.3 Å². The van der Waals surface area contributed by atoms with Crippen molar-refractivity contribution in [2.24, 2.45) is 0 Å². The molecule has 3 aromatic carbocycles. The Hall–Kier alpha value is -3.27. The molecule has 4 nitrogen and oxygen atoms in total. The minimum atomic E-state index is 0.547. The van der Waals surface area contributed by atoms with Crippen molar-refractivity contribution in [2.75, 3.05) is 13.2 Å². The van der Waals surface area contributed by atoms with Gasteiger partial charge >= 0.3 is 0 Å². The van der Waals surface area contributed by atoms with Crippen LogP contribution in [0.1, 0.15) is 23.9 Å². The third kappa shape index (κ3) is 4.27. The van der Waals surface area contributed by atoms with Gasteiger partial charge < -0.3 is 14.0 Å². The number of para-hydroxylation sites is 4. The lowest BCUT2D eigenvalue weighted by atomic mass is 10.1. The van der Waals surface area contributed by atoms with Crippen LogP contribution in [-0.2, 0) is 13.0 Å². The summed E-state index contributed by atoms with van der Waals surface area (Å²) in [4.78, 5) is 4.90. The van der Waals surface area contributed by atoms with Crippen molar-refractivity contribution in [1.82, 2.24) is 9.55 Å². The van der Waals surface area contributed by atoms with E-state index in [9.17, 15) is 0 Å². The fourth-order valence-corrected chi connectivity index (χ4v) is 3.58. The zero-order valence-electron chi connectivity index (χ0n) is 17.0. The van der Waals surface area contributed by atoms with Crippen molar-refractivity contribution in [3.63, 3.8) is 0 Å². The molecule has 148 valence electrons. The molecule has 0 aliphatic rings. The first-order chi connectivity index (χ1) is 14.3. The molecule has 0 aliphatic heterocycles. The molecule has 0 fully saturated rings. The average Bonchev–Trinajstić information content (AvgIpc) is 3.08. The van der Waals surface area contributed by atoms with Gasteiger partial charge in [0.1, 0.15) is 12.4 Å². The average molecular weight is 386 g/mol. The lowest BCUT2D eigenvalue weighted by Crippen LogP contribution is -2.12. The standard InChI is InChI=1S/C25H26N2O2/c1-3-28-23-14-8-9-15-24(23)29-17-16-27-22-13-7-6-12-21(22)26-25(27)18-20-11-5-4-10-19(20)2/h4-15H,3,16-18H2,1-2H3. The summed E-state index contributed by atoms with van der Waals surface area (Å²) in [6, 6.07) is 24.6. The highest BCUT2D eigenvalue weighted by Gasteiger charge is 2.12. The van der Waals surface area contributed by atoms with Crippen LogP contribution in [0, 0.1) is 6.92 Å². The zero-order valence-corrected chi connectivity index (χ0v) is 17.0. The third-order valence-corrected chi connectivity index (χ3v) is 5.06. The van der Waals surface area contributed by atoms with E-state index in [2.05, 4.69) is 54.0 Å². The van der Waals surface area contributed by atoms with Crippen LogP contribution in [0.3, 0.4) is 0 Å². The number of aromatic nitrogens is 2. The molecular formula is C25H26N2O2. The monoisotopic (exact) mass is 386 g/mol. The van der Waals surface area contributed by atoms with Gasteiger partial charge in [0, 0.05) is 6.42 Å². The van der Waals surface area contributed by atoms with Gasteiger partial charge in [-0.05, 0) is 49.2 Å². The molecule has 0 N–H and O–H groups in total. The van der Waals surface area contributed by atoms with E-state index in [0.717, 1.165) is 41.3 Å². The van der Waals surface area contributed by atoms with Crippen LogP contribution in [0.5, 0.6) is 11.5 Å². The van der Waals surface area contributed by atoms with Gasteiger partial charge in [-0.2, -0.15) is 0 Å². The number of nitrogens with zero attached hydrogens (tertiary/aromatic N) is 2. The first kappa shape index (κ1) is 19.1. The van der Waals surface area contributed by atoms with Crippen molar-refractivity contribution in [3.05, 3.63) is 89.7 Å². The number of imidazole rings is 1. The number of benzene rings is 3. The van der Waals surface area contributed by atoms with Gasteiger partial charge in [-0.25, -0.2) is 4.98 Å². The highest BCUT2D eigenvalue weighted by Crippen LogP contribution is 2.27. The molecule has 0 spiro atoms. The van der Waals surface area contributed by atoms with E-state index in [1.807, 2.05) is 37.3 Å². The zero-order chi connectivity index (χ0) is 20.1. The fraction of sp³-hybridized carbons (Fsp3) is 0.240. The number of rotatable bonds is 8. The maximum atomic E-state index is 6.07. The molecule has 0 atom stereocenters. The van der Waals surface area contributed by atoms with Crippen molar-refractivity contribution >= 4 is 11.0 Å². The van der Waals surface area contributed by atoms with Crippen molar-refractivity contribution in [2.45, 2.75) is 26.8 Å². The maximum absolute atomic E-state index is 6.07. The van der Waals surface area contributed by atoms with Crippen LogP contribution in [0.15, 0.2) is 72.8 Å². The Balaban J connectivity index is 1.57. The summed E-state index contributed by atoms with van der Waals surface area (Å²) in [5.41, 5.74) is 4.74. The van der Waals surface area contributed by atoms with Gasteiger partial charge in [0.05, 0.1) is 24.2 Å². The summed E-state index contributed by atoms with van der Waals surface area (Å²) in [7, 11) is 0. The fourth-order valence-electron chi connectivity index (χ4n) is 3.58. The summed E-state index contributed by atoms with van der Waals surface area (Å²) < 4.78 is 14.0. The number of hydrogen-bond donors (Lipinski definition) is 0. The molecule has 0 radical (unpaired) electrons. The molecule has 0 unspecified atom stereocenters. The Bertz CT molecular complexity index is 1100. The largest absolute Gasteiger partial charge is 0.490 e. The van der Waals surface area contributed by atoms with E-state index in [1.54, 1.807) is 0 Å². The molecule has 0 saturated carbocycles. The molecule has 4 heteroatoms. The summed E-state index contributed by atoms with van der Waals surface area (Å²) in [5, 5.41) is 0. The molecule has 0 amide bonds.